The van der Waals surface area contributed by atoms with Gasteiger partial charge < -0.3 is 14.8 Å². The van der Waals surface area contributed by atoms with E-state index >= 15 is 0 Å². The lowest BCUT2D eigenvalue weighted by Crippen LogP contribution is -2.31. The van der Waals surface area contributed by atoms with Crippen molar-refractivity contribution >= 4 is 11.6 Å². The molecule has 1 aromatic carbocycles. The number of hydrogen-bond acceptors (Lipinski definition) is 5. The van der Waals surface area contributed by atoms with E-state index in [-0.39, 0.29) is 30.1 Å². The zero-order chi connectivity index (χ0) is 21.8. The number of hydrogen-bond donors (Lipinski definition) is 1. The van der Waals surface area contributed by atoms with Gasteiger partial charge in [0, 0.05) is 17.5 Å². The molecule has 6 nitrogen and oxygen atoms in total. The van der Waals surface area contributed by atoms with E-state index in [0.29, 0.717) is 22.5 Å². The van der Waals surface area contributed by atoms with Gasteiger partial charge in [-0.25, -0.2) is 9.37 Å². The van der Waals surface area contributed by atoms with Gasteiger partial charge in [-0.15, -0.1) is 0 Å². The Bertz CT molecular complexity index is 951. The largest absolute Gasteiger partial charge is 0.494 e. The lowest BCUT2D eigenvalue weighted by atomic mass is 10.00. The monoisotopic (exact) mass is 417 g/mol. The van der Waals surface area contributed by atoms with E-state index in [9.17, 15) is 13.7 Å². The van der Waals surface area contributed by atoms with E-state index in [4.69, 9.17) is 9.47 Å². The van der Waals surface area contributed by atoms with Gasteiger partial charge in [-0.1, -0.05) is 15.8 Å². The van der Waals surface area contributed by atoms with Crippen molar-refractivity contribution in [2.75, 3.05) is 13.7 Å². The first-order chi connectivity index (χ1) is 14.3. The van der Waals surface area contributed by atoms with Crippen molar-refractivity contribution in [2.24, 2.45) is 11.1 Å². The number of halogens is 2. The second-order valence-corrected chi connectivity index (χ2v) is 7.45. The molecule has 0 aliphatic heterocycles. The molecule has 160 valence electrons. The highest BCUT2D eigenvalue weighted by Crippen LogP contribution is 2.35. The third-order valence-electron chi connectivity index (χ3n) is 5.09. The van der Waals surface area contributed by atoms with E-state index < -0.39 is 11.9 Å². The van der Waals surface area contributed by atoms with Crippen LogP contribution >= 0.6 is 0 Å². The Morgan fingerprint density at radius 2 is 2.07 bits per heavy atom. The summed E-state index contributed by atoms with van der Waals surface area (Å²) >= 11 is 0. The first kappa shape index (κ1) is 21.7. The molecule has 1 amide bonds. The highest BCUT2D eigenvalue weighted by atomic mass is 19.2. The zero-order valence-electron chi connectivity index (χ0n) is 17.5. The number of pyridine rings is 1. The fraction of sp³-hybridized carbons (Fsp3) is 0.409. The standard InChI is InChI=1S/C22H25F2N3O3/c1-12-9-20(26-14(3)21(12)22(27-24)15-5-6-15)30-11-19(28)25-13(2)16-7-8-18(29-4)17(23)10-16/h7-10,13,15H,5-6,11H2,1-4H3,(H,25,28). The Labute approximate surface area is 174 Å². The molecule has 1 heterocycles. The number of aryl methyl sites for hydroxylation is 2. The van der Waals surface area contributed by atoms with Crippen LogP contribution in [0.3, 0.4) is 0 Å². The number of rotatable bonds is 8. The van der Waals surface area contributed by atoms with Crippen LogP contribution in [0.2, 0.25) is 0 Å². The minimum Gasteiger partial charge on any atom is -0.494 e. The number of ether oxygens (including phenoxy) is 2. The Morgan fingerprint density at radius 1 is 1.33 bits per heavy atom. The summed E-state index contributed by atoms with van der Waals surface area (Å²) in [4.78, 5) is 16.6. The average molecular weight is 417 g/mol. The van der Waals surface area contributed by atoms with Crippen LogP contribution in [0.15, 0.2) is 29.5 Å². The van der Waals surface area contributed by atoms with Crippen LogP contribution < -0.4 is 14.8 Å². The molecule has 3 rings (SSSR count). The molecule has 1 saturated carbocycles. The van der Waals surface area contributed by atoms with Gasteiger partial charge in [-0.05, 0) is 56.9 Å². The van der Waals surface area contributed by atoms with Crippen LogP contribution in [0.4, 0.5) is 8.87 Å². The average Bonchev–Trinajstić information content (AvgIpc) is 3.54. The van der Waals surface area contributed by atoms with E-state index in [1.807, 2.05) is 6.92 Å². The summed E-state index contributed by atoms with van der Waals surface area (Å²) in [5.41, 5.74) is 3.14. The third-order valence-corrected chi connectivity index (χ3v) is 5.09. The van der Waals surface area contributed by atoms with Crippen molar-refractivity contribution in [3.63, 3.8) is 0 Å². The van der Waals surface area contributed by atoms with Crippen molar-refractivity contribution in [3.05, 3.63) is 52.5 Å². The first-order valence-corrected chi connectivity index (χ1v) is 9.77. The summed E-state index contributed by atoms with van der Waals surface area (Å²) in [5, 5.41) is 5.72. The normalized spacial score (nSPS) is 14.9. The van der Waals surface area contributed by atoms with Gasteiger partial charge in [0.2, 0.25) is 5.88 Å². The molecule has 0 spiro atoms. The molecule has 0 saturated heterocycles. The lowest BCUT2D eigenvalue weighted by Gasteiger charge is -2.16. The molecule has 1 aromatic heterocycles. The van der Waals surface area contributed by atoms with Crippen LogP contribution in [-0.4, -0.2) is 30.3 Å². The number of benzene rings is 1. The van der Waals surface area contributed by atoms with Gasteiger partial charge >= 0.3 is 0 Å². The summed E-state index contributed by atoms with van der Waals surface area (Å²) in [6.07, 6.45) is 1.85. The number of carbonyl (C=O) groups is 1. The Hall–Kier alpha value is -3.03. The van der Waals surface area contributed by atoms with E-state index in [2.05, 4.69) is 15.5 Å². The molecule has 1 aliphatic carbocycles. The number of nitrogens with one attached hydrogen (secondary N) is 1. The maximum Gasteiger partial charge on any atom is 0.258 e. The summed E-state index contributed by atoms with van der Waals surface area (Å²) in [5.74, 6) is -0.297. The molecule has 8 heteroatoms. The van der Waals surface area contributed by atoms with E-state index in [0.717, 1.165) is 18.4 Å². The third kappa shape index (κ3) is 4.93. The van der Waals surface area contributed by atoms with Crippen molar-refractivity contribution in [2.45, 2.75) is 39.7 Å². The zero-order valence-corrected chi connectivity index (χ0v) is 17.5. The minimum atomic E-state index is -0.495. The van der Waals surface area contributed by atoms with Crippen LogP contribution in [0.5, 0.6) is 11.6 Å². The fourth-order valence-electron chi connectivity index (χ4n) is 3.39. The van der Waals surface area contributed by atoms with Crippen molar-refractivity contribution in [1.29, 1.82) is 0 Å². The minimum absolute atomic E-state index is 0.142. The van der Waals surface area contributed by atoms with Gasteiger partial charge in [0.25, 0.3) is 5.91 Å². The Balaban J connectivity index is 1.61. The number of nitrogens with zero attached hydrogens (tertiary/aromatic N) is 2. The van der Waals surface area contributed by atoms with Crippen molar-refractivity contribution in [3.8, 4) is 11.6 Å². The summed E-state index contributed by atoms with van der Waals surface area (Å²) in [6.45, 7) is 5.10. The quantitative estimate of drug-likeness (QED) is 0.654. The molecule has 30 heavy (non-hydrogen) atoms. The predicted molar refractivity (Wildman–Crippen MR) is 109 cm³/mol. The summed E-state index contributed by atoms with van der Waals surface area (Å²) in [7, 11) is 1.39. The summed E-state index contributed by atoms with van der Waals surface area (Å²) in [6, 6.07) is 5.77. The topological polar surface area (TPSA) is 72.8 Å². The van der Waals surface area contributed by atoms with Crippen LogP contribution in [0, 0.1) is 25.6 Å². The Kier molecular flexibility index (Phi) is 6.64. The van der Waals surface area contributed by atoms with Crippen LogP contribution in [0.1, 0.15) is 48.2 Å². The molecule has 1 atom stereocenters. The van der Waals surface area contributed by atoms with E-state index in [1.165, 1.54) is 19.2 Å². The number of carbonyl (C=O) groups excluding carboxylic acids is 1. The molecule has 0 bridgehead atoms. The molecule has 1 N–H and O–H groups in total. The lowest BCUT2D eigenvalue weighted by molar-refractivity contribution is -0.123. The molecule has 1 aliphatic rings. The molecular weight excluding hydrogens is 392 g/mol. The van der Waals surface area contributed by atoms with Gasteiger partial charge in [-0.2, -0.15) is 0 Å². The summed E-state index contributed by atoms with van der Waals surface area (Å²) < 4.78 is 37.4. The van der Waals surface area contributed by atoms with Crippen LogP contribution in [0.25, 0.3) is 0 Å². The van der Waals surface area contributed by atoms with Crippen molar-refractivity contribution < 1.29 is 23.1 Å². The first-order valence-electron chi connectivity index (χ1n) is 9.77. The smallest absolute Gasteiger partial charge is 0.258 e. The molecule has 2 aromatic rings. The predicted octanol–water partition coefficient (Wildman–Crippen LogP) is 4.19. The maximum atomic E-state index is 13.9. The van der Waals surface area contributed by atoms with Crippen LogP contribution in [-0.2, 0) is 4.79 Å². The molecule has 1 unspecified atom stereocenters. The number of aromatic nitrogens is 1. The second kappa shape index (κ2) is 9.19. The van der Waals surface area contributed by atoms with Gasteiger partial charge in [0.15, 0.2) is 18.2 Å². The number of amides is 1. The van der Waals surface area contributed by atoms with Gasteiger partial charge in [-0.3, -0.25) is 4.79 Å². The van der Waals surface area contributed by atoms with E-state index in [1.54, 1.807) is 26.0 Å². The second-order valence-electron chi connectivity index (χ2n) is 7.45. The van der Waals surface area contributed by atoms with Crippen molar-refractivity contribution in [1.82, 2.24) is 10.3 Å². The van der Waals surface area contributed by atoms with Gasteiger partial charge in [0.05, 0.1) is 24.6 Å². The Morgan fingerprint density at radius 3 is 2.63 bits per heavy atom. The molecular formula is C22H25F2N3O3. The highest BCUT2D eigenvalue weighted by molar-refractivity contribution is 6.05. The highest BCUT2D eigenvalue weighted by Gasteiger charge is 2.31. The maximum absolute atomic E-state index is 13.9. The fourth-order valence-corrected chi connectivity index (χ4v) is 3.39. The SMILES string of the molecule is COc1ccc(C(C)NC(=O)COc2cc(C)c(C(=NF)C3CC3)c(C)n2)cc1F. The molecule has 0 radical (unpaired) electrons. The van der Waals surface area contributed by atoms with Gasteiger partial charge in [0.1, 0.15) is 0 Å². The number of methoxy groups -OCH3 is 1. The molecule has 1 fully saturated rings.